The zero-order chi connectivity index (χ0) is 14.8. The summed E-state index contributed by atoms with van der Waals surface area (Å²) in [5.74, 6) is 0.123. The first kappa shape index (κ1) is 14.5. The Bertz CT molecular complexity index is 637. The normalized spacial score (nSPS) is 11.8. The largest absolute Gasteiger partial charge is 0.343 e. The molecule has 0 spiro atoms. The highest BCUT2D eigenvalue weighted by atomic mass is 16.1. The van der Waals surface area contributed by atoms with Crippen molar-refractivity contribution in [1.82, 2.24) is 9.88 Å². The number of carbonyl (C=O) groups is 1. The zero-order valence-electron chi connectivity index (χ0n) is 12.4. The van der Waals surface area contributed by atoms with E-state index in [-0.39, 0.29) is 5.78 Å². The van der Waals surface area contributed by atoms with Crippen molar-refractivity contribution in [2.24, 2.45) is 0 Å². The van der Waals surface area contributed by atoms with Crippen LogP contribution in [0.5, 0.6) is 0 Å². The number of aromatic nitrogens is 1. The molecule has 1 aromatic heterocycles. The lowest BCUT2D eigenvalue weighted by atomic mass is 9.93. The summed E-state index contributed by atoms with van der Waals surface area (Å²) in [6, 6.07) is 8.00. The third-order valence-corrected chi connectivity index (χ3v) is 3.55. The summed E-state index contributed by atoms with van der Waals surface area (Å²) < 4.78 is 2.07. The molecule has 1 heterocycles. The van der Waals surface area contributed by atoms with Crippen molar-refractivity contribution in [1.29, 1.82) is 0 Å². The molecule has 0 fully saturated rings. The van der Waals surface area contributed by atoms with Crippen LogP contribution in [0, 0.1) is 0 Å². The van der Waals surface area contributed by atoms with Crippen molar-refractivity contribution >= 4 is 16.7 Å². The van der Waals surface area contributed by atoms with Gasteiger partial charge in [-0.3, -0.25) is 4.79 Å². The van der Waals surface area contributed by atoms with Crippen LogP contribution >= 0.6 is 0 Å². The minimum atomic E-state index is -0.558. The molecule has 0 unspecified atom stereocenters. The Hall–Kier alpha value is -1.87. The zero-order valence-corrected chi connectivity index (χ0v) is 12.4. The number of para-hydroxylation sites is 1. The van der Waals surface area contributed by atoms with E-state index in [0.29, 0.717) is 6.54 Å². The molecule has 0 aliphatic carbocycles. The van der Waals surface area contributed by atoms with Gasteiger partial charge in [-0.15, -0.1) is 6.58 Å². The SMILES string of the molecule is C=CCn1cc(C(=O)C(C)(C)NCC)c2ccccc21. The Labute approximate surface area is 120 Å². The molecule has 1 aromatic carbocycles. The molecular formula is C17H22N2O. The molecule has 2 aromatic rings. The minimum absolute atomic E-state index is 0.123. The van der Waals surface area contributed by atoms with Gasteiger partial charge < -0.3 is 9.88 Å². The highest BCUT2D eigenvalue weighted by Crippen LogP contribution is 2.25. The molecule has 0 radical (unpaired) electrons. The van der Waals surface area contributed by atoms with Crippen molar-refractivity contribution in [3.05, 3.63) is 48.7 Å². The van der Waals surface area contributed by atoms with Gasteiger partial charge in [-0.25, -0.2) is 0 Å². The quantitative estimate of drug-likeness (QED) is 0.645. The molecule has 0 aliphatic heterocycles. The van der Waals surface area contributed by atoms with Gasteiger partial charge in [-0.1, -0.05) is 31.2 Å². The van der Waals surface area contributed by atoms with Crippen LogP contribution in [-0.4, -0.2) is 22.4 Å². The van der Waals surface area contributed by atoms with Gasteiger partial charge in [0.05, 0.1) is 5.54 Å². The van der Waals surface area contributed by atoms with Crippen LogP contribution in [0.4, 0.5) is 0 Å². The molecule has 0 saturated carbocycles. The second-order valence-corrected chi connectivity index (χ2v) is 5.49. The molecule has 106 valence electrons. The van der Waals surface area contributed by atoms with Gasteiger partial charge in [-0.05, 0) is 26.5 Å². The number of allylic oxidation sites excluding steroid dienone is 1. The fourth-order valence-corrected chi connectivity index (χ4v) is 2.58. The van der Waals surface area contributed by atoms with E-state index in [1.165, 1.54) is 0 Å². The number of hydrogen-bond acceptors (Lipinski definition) is 2. The maximum Gasteiger partial charge on any atom is 0.184 e. The molecule has 1 N–H and O–H groups in total. The second-order valence-electron chi connectivity index (χ2n) is 5.49. The third-order valence-electron chi connectivity index (χ3n) is 3.55. The van der Waals surface area contributed by atoms with Crippen LogP contribution in [0.15, 0.2) is 43.1 Å². The first-order valence-electron chi connectivity index (χ1n) is 7.00. The van der Waals surface area contributed by atoms with E-state index in [2.05, 4.69) is 16.5 Å². The van der Waals surface area contributed by atoms with E-state index >= 15 is 0 Å². The Morgan fingerprint density at radius 2 is 2.10 bits per heavy atom. The predicted octanol–water partition coefficient (Wildman–Crippen LogP) is 3.40. The Kier molecular flexibility index (Phi) is 4.09. The van der Waals surface area contributed by atoms with Crippen LogP contribution in [-0.2, 0) is 6.54 Å². The monoisotopic (exact) mass is 270 g/mol. The van der Waals surface area contributed by atoms with Gasteiger partial charge in [0.2, 0.25) is 0 Å². The van der Waals surface area contributed by atoms with Crippen LogP contribution in [0.25, 0.3) is 10.9 Å². The summed E-state index contributed by atoms with van der Waals surface area (Å²) in [5.41, 5.74) is 1.29. The maximum absolute atomic E-state index is 12.8. The highest BCUT2D eigenvalue weighted by Gasteiger charge is 2.29. The molecule has 0 amide bonds. The number of hydrogen-bond donors (Lipinski definition) is 1. The smallest absolute Gasteiger partial charge is 0.184 e. The number of rotatable bonds is 6. The highest BCUT2D eigenvalue weighted by molar-refractivity contribution is 6.12. The summed E-state index contributed by atoms with van der Waals surface area (Å²) in [6.45, 7) is 11.1. The topological polar surface area (TPSA) is 34.0 Å². The van der Waals surface area contributed by atoms with Crippen LogP contribution in [0.1, 0.15) is 31.1 Å². The van der Waals surface area contributed by atoms with E-state index in [1.807, 2.05) is 57.3 Å². The van der Waals surface area contributed by atoms with E-state index < -0.39 is 5.54 Å². The number of Topliss-reactive ketones (excluding diaryl/α,β-unsaturated/α-hetero) is 1. The van der Waals surface area contributed by atoms with Crippen molar-refractivity contribution in [2.45, 2.75) is 32.9 Å². The molecule has 20 heavy (non-hydrogen) atoms. The fraction of sp³-hybridized carbons (Fsp3) is 0.353. The summed E-state index contributed by atoms with van der Waals surface area (Å²) in [6.07, 6.45) is 3.78. The molecule has 3 heteroatoms. The first-order valence-corrected chi connectivity index (χ1v) is 7.00. The lowest BCUT2D eigenvalue weighted by Gasteiger charge is -2.23. The van der Waals surface area contributed by atoms with Crippen LogP contribution in [0.2, 0.25) is 0 Å². The number of nitrogens with one attached hydrogen (secondary N) is 1. The molecule has 0 bridgehead atoms. The van der Waals surface area contributed by atoms with E-state index in [1.54, 1.807) is 0 Å². The van der Waals surface area contributed by atoms with E-state index in [4.69, 9.17) is 0 Å². The third kappa shape index (κ3) is 2.54. The van der Waals surface area contributed by atoms with Crippen molar-refractivity contribution in [3.8, 4) is 0 Å². The van der Waals surface area contributed by atoms with Crippen molar-refractivity contribution in [2.75, 3.05) is 6.54 Å². The first-order chi connectivity index (χ1) is 9.51. The standard InChI is InChI=1S/C17H22N2O/c1-5-11-19-12-14(13-9-7-8-10-15(13)19)16(20)17(3,4)18-6-2/h5,7-10,12,18H,1,6,11H2,2-4H3. The second kappa shape index (κ2) is 5.63. The van der Waals surface area contributed by atoms with E-state index in [9.17, 15) is 4.79 Å². The van der Waals surface area contributed by atoms with Crippen LogP contribution in [0.3, 0.4) is 0 Å². The minimum Gasteiger partial charge on any atom is -0.343 e. The number of benzene rings is 1. The Morgan fingerprint density at radius 3 is 2.75 bits per heavy atom. The fourth-order valence-electron chi connectivity index (χ4n) is 2.58. The summed E-state index contributed by atoms with van der Waals surface area (Å²) >= 11 is 0. The molecular weight excluding hydrogens is 248 g/mol. The predicted molar refractivity (Wildman–Crippen MR) is 84.2 cm³/mol. The molecule has 2 rings (SSSR count). The number of nitrogens with zero attached hydrogens (tertiary/aromatic N) is 1. The summed E-state index contributed by atoms with van der Waals surface area (Å²) in [7, 11) is 0. The van der Waals surface area contributed by atoms with Gasteiger partial charge >= 0.3 is 0 Å². The lowest BCUT2D eigenvalue weighted by Crippen LogP contribution is -2.46. The average Bonchev–Trinajstić information content (AvgIpc) is 2.77. The average molecular weight is 270 g/mol. The Balaban J connectivity index is 2.54. The van der Waals surface area contributed by atoms with Crippen molar-refractivity contribution < 1.29 is 4.79 Å². The van der Waals surface area contributed by atoms with Gasteiger partial charge in [0.15, 0.2) is 5.78 Å². The number of ketones is 1. The number of carbonyl (C=O) groups excluding carboxylic acids is 1. The van der Waals surface area contributed by atoms with Gasteiger partial charge in [-0.2, -0.15) is 0 Å². The van der Waals surface area contributed by atoms with Gasteiger partial charge in [0.1, 0.15) is 0 Å². The molecule has 3 nitrogen and oxygen atoms in total. The molecule has 0 atom stereocenters. The number of fused-ring (bicyclic) bond motifs is 1. The van der Waals surface area contributed by atoms with Gasteiger partial charge in [0.25, 0.3) is 0 Å². The summed E-state index contributed by atoms with van der Waals surface area (Å²) in [5, 5.41) is 4.25. The Morgan fingerprint density at radius 1 is 1.40 bits per heavy atom. The number of likely N-dealkylation sites (N-methyl/N-ethyl adjacent to an activating group) is 1. The molecule has 0 aliphatic rings. The molecule has 0 saturated heterocycles. The van der Waals surface area contributed by atoms with Crippen molar-refractivity contribution in [3.63, 3.8) is 0 Å². The van der Waals surface area contributed by atoms with Gasteiger partial charge in [0, 0.05) is 29.2 Å². The lowest BCUT2D eigenvalue weighted by molar-refractivity contribution is 0.0885. The van der Waals surface area contributed by atoms with Crippen LogP contribution < -0.4 is 5.32 Å². The van der Waals surface area contributed by atoms with E-state index in [0.717, 1.165) is 23.0 Å². The summed E-state index contributed by atoms with van der Waals surface area (Å²) in [4.78, 5) is 12.8. The maximum atomic E-state index is 12.8.